The first-order valence-electron chi connectivity index (χ1n) is 4.45. The molecule has 6 nitrogen and oxygen atoms in total. The smallest absolute Gasteiger partial charge is 0.379 e. The third-order valence-electron chi connectivity index (χ3n) is 1.66. The zero-order chi connectivity index (χ0) is 10.6. The quantitative estimate of drug-likeness (QED) is 0.716. The summed E-state index contributed by atoms with van der Waals surface area (Å²) in [6, 6.07) is -0.328. The topological polar surface area (TPSA) is 91.2 Å². The van der Waals surface area contributed by atoms with Gasteiger partial charge < -0.3 is 15.0 Å². The maximum atomic E-state index is 11.1. The molecule has 0 aromatic carbocycles. The molecule has 1 unspecified atom stereocenters. The van der Waals surface area contributed by atoms with E-state index in [1.165, 1.54) is 0 Å². The average Bonchev–Trinajstić information content (AvgIpc) is 2.66. The van der Waals surface area contributed by atoms with Crippen LogP contribution in [-0.4, -0.2) is 22.7 Å². The maximum Gasteiger partial charge on any atom is 0.379 e. The number of nitrogens with zero attached hydrogens (tertiary/aromatic N) is 2. The van der Waals surface area contributed by atoms with Gasteiger partial charge in [0.1, 0.15) is 0 Å². The molecule has 6 heteroatoms. The molecule has 78 valence electrons. The van der Waals surface area contributed by atoms with E-state index in [9.17, 15) is 4.79 Å². The summed E-state index contributed by atoms with van der Waals surface area (Å²) in [5.41, 5.74) is 5.63. The lowest BCUT2D eigenvalue weighted by Gasteiger charge is -1.99. The van der Waals surface area contributed by atoms with Crippen LogP contribution in [0, 0.1) is 0 Å². The van der Waals surface area contributed by atoms with Crippen molar-refractivity contribution in [2.24, 2.45) is 5.73 Å². The van der Waals surface area contributed by atoms with Gasteiger partial charge >= 0.3 is 5.97 Å². The SMILES string of the molecule is CCOC(=O)c1noc(C(N)CC)n1. The second-order valence-corrected chi connectivity index (χ2v) is 2.69. The van der Waals surface area contributed by atoms with Crippen molar-refractivity contribution in [2.45, 2.75) is 26.3 Å². The Labute approximate surface area is 81.4 Å². The van der Waals surface area contributed by atoms with Crippen LogP contribution in [0.1, 0.15) is 42.8 Å². The molecule has 14 heavy (non-hydrogen) atoms. The van der Waals surface area contributed by atoms with E-state index in [0.29, 0.717) is 6.42 Å². The van der Waals surface area contributed by atoms with Gasteiger partial charge in [-0.05, 0) is 18.5 Å². The zero-order valence-corrected chi connectivity index (χ0v) is 8.19. The third-order valence-corrected chi connectivity index (χ3v) is 1.66. The van der Waals surface area contributed by atoms with Crippen LogP contribution in [0.5, 0.6) is 0 Å². The van der Waals surface area contributed by atoms with Crippen molar-refractivity contribution in [1.29, 1.82) is 0 Å². The molecule has 0 aliphatic heterocycles. The Morgan fingerprint density at radius 2 is 2.36 bits per heavy atom. The monoisotopic (exact) mass is 199 g/mol. The van der Waals surface area contributed by atoms with Gasteiger partial charge in [0.15, 0.2) is 0 Å². The molecule has 0 radical (unpaired) electrons. The van der Waals surface area contributed by atoms with Gasteiger partial charge in [-0.25, -0.2) is 4.79 Å². The number of hydrogen-bond acceptors (Lipinski definition) is 6. The van der Waals surface area contributed by atoms with E-state index in [2.05, 4.69) is 14.9 Å². The molecule has 1 aromatic rings. The Balaban J connectivity index is 2.72. The highest BCUT2D eigenvalue weighted by Crippen LogP contribution is 2.10. The first-order chi connectivity index (χ1) is 6.69. The van der Waals surface area contributed by atoms with E-state index in [0.717, 1.165) is 0 Å². The number of carbonyl (C=O) groups is 1. The average molecular weight is 199 g/mol. The molecule has 0 saturated carbocycles. The first-order valence-corrected chi connectivity index (χ1v) is 4.45. The summed E-state index contributed by atoms with van der Waals surface area (Å²) in [7, 11) is 0. The second-order valence-electron chi connectivity index (χ2n) is 2.69. The fourth-order valence-electron chi connectivity index (χ4n) is 0.839. The molecule has 0 bridgehead atoms. The zero-order valence-electron chi connectivity index (χ0n) is 8.19. The van der Waals surface area contributed by atoms with Gasteiger partial charge in [0.25, 0.3) is 5.82 Å². The summed E-state index contributed by atoms with van der Waals surface area (Å²) in [5.74, 6) is -0.410. The molecule has 0 fully saturated rings. The van der Waals surface area contributed by atoms with E-state index < -0.39 is 5.97 Å². The minimum Gasteiger partial charge on any atom is -0.460 e. The van der Waals surface area contributed by atoms with Crippen molar-refractivity contribution in [1.82, 2.24) is 10.1 Å². The van der Waals surface area contributed by atoms with Crippen molar-refractivity contribution in [3.05, 3.63) is 11.7 Å². The van der Waals surface area contributed by atoms with Gasteiger partial charge in [-0.3, -0.25) is 0 Å². The fraction of sp³-hybridized carbons (Fsp3) is 0.625. The number of nitrogens with two attached hydrogens (primary N) is 1. The van der Waals surface area contributed by atoms with Crippen LogP contribution in [0.15, 0.2) is 4.52 Å². The van der Waals surface area contributed by atoms with Crippen LogP contribution >= 0.6 is 0 Å². The highest BCUT2D eigenvalue weighted by Gasteiger charge is 2.18. The standard InChI is InChI=1S/C8H13N3O3/c1-3-5(9)7-10-6(11-14-7)8(12)13-4-2/h5H,3-4,9H2,1-2H3. The van der Waals surface area contributed by atoms with Crippen LogP contribution in [-0.2, 0) is 4.74 Å². The molecule has 1 heterocycles. The second kappa shape index (κ2) is 4.71. The number of ether oxygens (including phenoxy) is 1. The number of carbonyl (C=O) groups excluding carboxylic acids is 1. The van der Waals surface area contributed by atoms with Crippen molar-refractivity contribution < 1.29 is 14.1 Å². The Morgan fingerprint density at radius 3 is 2.93 bits per heavy atom. The molecule has 2 N–H and O–H groups in total. The summed E-state index contributed by atoms with van der Waals surface area (Å²) in [5, 5.41) is 3.46. The van der Waals surface area contributed by atoms with Crippen molar-refractivity contribution in [2.75, 3.05) is 6.61 Å². The van der Waals surface area contributed by atoms with Crippen molar-refractivity contribution in [3.8, 4) is 0 Å². The fourth-order valence-corrected chi connectivity index (χ4v) is 0.839. The van der Waals surface area contributed by atoms with Gasteiger partial charge in [-0.2, -0.15) is 4.98 Å². The van der Waals surface area contributed by atoms with E-state index in [4.69, 9.17) is 10.3 Å². The van der Waals surface area contributed by atoms with Crippen LogP contribution in [0.4, 0.5) is 0 Å². The van der Waals surface area contributed by atoms with Gasteiger partial charge in [0.2, 0.25) is 5.89 Å². The molecule has 1 atom stereocenters. The summed E-state index contributed by atoms with van der Waals surface area (Å²) in [6.45, 7) is 3.87. The largest absolute Gasteiger partial charge is 0.460 e. The van der Waals surface area contributed by atoms with Gasteiger partial charge in [0, 0.05) is 0 Å². The Hall–Kier alpha value is -1.43. The minimum atomic E-state index is -0.592. The summed E-state index contributed by atoms with van der Waals surface area (Å²) in [4.78, 5) is 14.9. The van der Waals surface area contributed by atoms with Crippen LogP contribution < -0.4 is 5.73 Å². The Bertz CT molecular complexity index is 311. The van der Waals surface area contributed by atoms with Gasteiger partial charge in [-0.15, -0.1) is 0 Å². The molecular weight excluding hydrogens is 186 g/mol. The highest BCUT2D eigenvalue weighted by molar-refractivity contribution is 5.84. The van der Waals surface area contributed by atoms with Crippen LogP contribution in [0.2, 0.25) is 0 Å². The molecule has 1 rings (SSSR count). The van der Waals surface area contributed by atoms with Gasteiger partial charge in [0.05, 0.1) is 12.6 Å². The molecule has 0 amide bonds. The normalized spacial score (nSPS) is 12.5. The van der Waals surface area contributed by atoms with Crippen LogP contribution in [0.25, 0.3) is 0 Å². The van der Waals surface area contributed by atoms with Gasteiger partial charge in [-0.1, -0.05) is 6.92 Å². The highest BCUT2D eigenvalue weighted by atomic mass is 16.5. The Morgan fingerprint density at radius 1 is 1.64 bits per heavy atom. The lowest BCUT2D eigenvalue weighted by molar-refractivity contribution is 0.0508. The van der Waals surface area contributed by atoms with Crippen molar-refractivity contribution >= 4 is 5.97 Å². The predicted octanol–water partition coefficient (Wildman–Crippen LogP) is 0.656. The lowest BCUT2D eigenvalue weighted by Crippen LogP contribution is -2.10. The molecule has 0 saturated heterocycles. The third kappa shape index (κ3) is 2.29. The number of hydrogen-bond donors (Lipinski definition) is 1. The number of aromatic nitrogens is 2. The predicted molar refractivity (Wildman–Crippen MR) is 47.5 cm³/mol. The van der Waals surface area contributed by atoms with E-state index >= 15 is 0 Å². The summed E-state index contributed by atoms with van der Waals surface area (Å²) < 4.78 is 9.49. The molecule has 1 aromatic heterocycles. The first kappa shape index (κ1) is 10.6. The molecule has 0 spiro atoms. The summed E-state index contributed by atoms with van der Waals surface area (Å²) in [6.07, 6.45) is 0.671. The van der Waals surface area contributed by atoms with Crippen LogP contribution in [0.3, 0.4) is 0 Å². The molecular formula is C8H13N3O3. The summed E-state index contributed by atoms with van der Waals surface area (Å²) >= 11 is 0. The number of esters is 1. The van der Waals surface area contributed by atoms with E-state index in [1.54, 1.807) is 6.92 Å². The lowest BCUT2D eigenvalue weighted by atomic mass is 10.2. The Kier molecular flexibility index (Phi) is 3.58. The maximum absolute atomic E-state index is 11.1. The number of rotatable bonds is 4. The van der Waals surface area contributed by atoms with Crippen molar-refractivity contribution in [3.63, 3.8) is 0 Å². The van der Waals surface area contributed by atoms with E-state index in [-0.39, 0.29) is 24.4 Å². The van der Waals surface area contributed by atoms with E-state index in [1.807, 2.05) is 6.92 Å². The minimum absolute atomic E-state index is 0.0780. The molecule has 0 aliphatic rings. The molecule has 0 aliphatic carbocycles.